The van der Waals surface area contributed by atoms with Crippen LogP contribution in [0.2, 0.25) is 10.0 Å². The van der Waals surface area contributed by atoms with E-state index in [2.05, 4.69) is 78.7 Å². The van der Waals surface area contributed by atoms with Crippen LogP contribution in [0.3, 0.4) is 0 Å². The number of rotatable bonds is 28. The Hall–Kier alpha value is -9.86. The molecule has 0 aliphatic carbocycles. The Bertz CT molecular complexity index is 4840. The van der Waals surface area contributed by atoms with E-state index in [0.717, 1.165) is 115 Å². The summed E-state index contributed by atoms with van der Waals surface area (Å²) in [6.45, 7) is 12.0. The van der Waals surface area contributed by atoms with Gasteiger partial charge in [-0.15, -0.1) is 43.1 Å². The van der Waals surface area contributed by atoms with Gasteiger partial charge < -0.3 is 46.1 Å². The van der Waals surface area contributed by atoms with Crippen molar-refractivity contribution < 1.29 is 33.4 Å². The van der Waals surface area contributed by atoms with Crippen LogP contribution < -0.4 is 31.9 Å². The monoisotopic (exact) mass is 1430 g/mol. The van der Waals surface area contributed by atoms with E-state index in [9.17, 15) is 19.2 Å². The number of ether oxygens (including phenoxy) is 3. The van der Waals surface area contributed by atoms with Gasteiger partial charge in [0.2, 0.25) is 23.6 Å². The minimum atomic E-state index is -0.737. The number of aryl methyl sites for hydroxylation is 4. The highest BCUT2D eigenvalue weighted by molar-refractivity contribution is 7.15. The van der Waals surface area contributed by atoms with E-state index in [0.29, 0.717) is 104 Å². The number of hydrogen-bond donors (Lipinski definition) is 6. The number of aliphatic imine (C=N–C) groups is 2. The molecule has 2 atom stereocenters. The predicted molar refractivity (Wildman–Crippen MR) is 393 cm³/mol. The van der Waals surface area contributed by atoms with Gasteiger partial charge in [0.1, 0.15) is 45.4 Å². The number of amides is 4. The van der Waals surface area contributed by atoms with Crippen LogP contribution in [0.5, 0.6) is 0 Å². The van der Waals surface area contributed by atoms with Crippen LogP contribution in [-0.2, 0) is 59.1 Å². The quantitative estimate of drug-likeness (QED) is 0.0249. The topological polar surface area (TPSA) is 280 Å². The van der Waals surface area contributed by atoms with Crippen molar-refractivity contribution in [1.82, 2.24) is 50.1 Å². The number of pyridine rings is 2. The van der Waals surface area contributed by atoms with Crippen LogP contribution in [0.1, 0.15) is 102 Å². The maximum Gasteiger partial charge on any atom is 0.228 e. The highest BCUT2D eigenvalue weighted by Gasteiger charge is 2.36. The van der Waals surface area contributed by atoms with Gasteiger partial charge in [-0.05, 0) is 134 Å². The molecule has 23 nitrogen and oxygen atoms in total. The summed E-state index contributed by atoms with van der Waals surface area (Å²) in [6.07, 6.45) is 5.06. The van der Waals surface area contributed by atoms with Crippen LogP contribution in [0.25, 0.3) is 32.3 Å². The molecule has 0 spiro atoms. The summed E-state index contributed by atoms with van der Waals surface area (Å²) < 4.78 is 21.8. The highest BCUT2D eigenvalue weighted by atomic mass is 35.5. The predicted octanol–water partition coefficient (Wildman–Crippen LogP) is 11.5. The van der Waals surface area contributed by atoms with Crippen molar-refractivity contribution in [3.63, 3.8) is 0 Å². The Morgan fingerprint density at radius 1 is 0.505 bits per heavy atom. The Labute approximate surface area is 600 Å². The maximum atomic E-state index is 14.1. The fraction of sp³-hybridized carbons (Fsp3) is 0.297. The van der Waals surface area contributed by atoms with E-state index >= 15 is 0 Å². The first-order valence-corrected chi connectivity index (χ1v) is 35.8. The summed E-state index contributed by atoms with van der Waals surface area (Å²) in [5.74, 6) is 3.32. The van der Waals surface area contributed by atoms with Crippen LogP contribution in [0, 0.1) is 27.7 Å². The van der Waals surface area contributed by atoms with Gasteiger partial charge in [-0.2, -0.15) is 0 Å². The molecule has 4 amide bonds. The molecule has 0 bridgehead atoms. The summed E-state index contributed by atoms with van der Waals surface area (Å²) in [7, 11) is 0. The maximum absolute atomic E-state index is 14.1. The smallest absolute Gasteiger partial charge is 0.228 e. The standard InChI is InChI=1S/C74H72Cl2N16O7S2/c1-41-43(3)100-73-67(41)69(45-5-13-53(75)14-6-45)85-57(37-63(93)79-25-29-97-27-23-77-59-19-11-49(39-81-59)47-9-17-55-51(33-47)35-65(95)83-55)71-89-87-61(91(71)73)21-22-62-88-90-72-58(86-70(46-7-15-54(76)16-8-46)68-42(2)44(4)101-74(68)92(62)72)38-64(94)80-26-30-99-32-31-98-28-24-78-60-20-12-50(40-82-60)48-10-18-56-52(34-48)36-66(96)84-56/h5-20,33-34,39-40,57-58H,21-32,35-38H2,1-4H3,(H,77,81)(H,78,82)(H,79,93)(H,80,94)(H,83,95)(H,84,96)/t57-,58-/m0/s1. The number of fused-ring (bicyclic) bond motifs is 8. The average molecular weight is 1430 g/mol. The molecule has 10 heterocycles. The molecule has 0 saturated heterocycles. The molecule has 6 N–H and O–H groups in total. The molecule has 6 aromatic heterocycles. The fourth-order valence-electron chi connectivity index (χ4n) is 12.8. The van der Waals surface area contributed by atoms with E-state index in [1.807, 2.05) is 115 Å². The second-order valence-corrected chi connectivity index (χ2v) is 28.2. The molecular weight excluding hydrogens is 1360 g/mol. The van der Waals surface area contributed by atoms with Gasteiger partial charge in [0.25, 0.3) is 0 Å². The number of carbonyl (C=O) groups is 4. The van der Waals surface area contributed by atoms with Gasteiger partial charge in [-0.1, -0.05) is 59.6 Å². The molecular formula is C74H72Cl2N16O7S2. The van der Waals surface area contributed by atoms with Crippen molar-refractivity contribution in [2.24, 2.45) is 9.98 Å². The minimum Gasteiger partial charge on any atom is -0.378 e. The third-order valence-electron chi connectivity index (χ3n) is 18.1. The molecule has 10 aromatic rings. The zero-order valence-corrected chi connectivity index (χ0v) is 59.1. The third-order valence-corrected chi connectivity index (χ3v) is 21.0. The molecule has 0 radical (unpaired) electrons. The average Bonchev–Trinajstić information content (AvgIpc) is 1.59. The molecule has 516 valence electrons. The van der Waals surface area contributed by atoms with Crippen molar-refractivity contribution in [1.29, 1.82) is 0 Å². The normalized spacial score (nSPS) is 14.8. The molecule has 4 aliphatic heterocycles. The Balaban J connectivity index is 0.622. The molecule has 0 unspecified atom stereocenters. The van der Waals surface area contributed by atoms with Crippen molar-refractivity contribution in [2.75, 3.05) is 87.1 Å². The van der Waals surface area contributed by atoms with Crippen molar-refractivity contribution in [3.8, 4) is 32.3 Å². The SMILES string of the molecule is Cc1sc2c(c1C)C(c1ccc(Cl)cc1)=N[C@@H](CC(=O)NCCOCCNc1ccc(-c3ccc4c(c3)CC(=O)N4)cn1)c1nnc(CCc3nnc4n3-c3sc(C)c(C)c3C(c3ccc(Cl)cc3)=N[C@H]4CC(=O)NCCOCCOCCNc3ccc(-c4ccc5c(c4)CC(=O)N5)cn3)n1-2. The van der Waals surface area contributed by atoms with E-state index in [-0.39, 0.29) is 62.8 Å². The highest BCUT2D eigenvalue weighted by Crippen LogP contribution is 2.43. The van der Waals surface area contributed by atoms with Gasteiger partial charge in [0.05, 0.1) is 76.7 Å². The largest absolute Gasteiger partial charge is 0.378 e. The second kappa shape index (κ2) is 30.5. The summed E-state index contributed by atoms with van der Waals surface area (Å²) in [5, 5.41) is 40.9. The van der Waals surface area contributed by atoms with Gasteiger partial charge >= 0.3 is 0 Å². The lowest BCUT2D eigenvalue weighted by Gasteiger charge is -2.14. The first-order valence-electron chi connectivity index (χ1n) is 33.5. The molecule has 4 aromatic carbocycles. The lowest BCUT2D eigenvalue weighted by atomic mass is 9.99. The molecule has 14 rings (SSSR count). The van der Waals surface area contributed by atoms with E-state index in [4.69, 9.17) is 67.8 Å². The number of hydrogen-bond acceptors (Lipinski definition) is 19. The summed E-state index contributed by atoms with van der Waals surface area (Å²) in [4.78, 5) is 74.1. The van der Waals surface area contributed by atoms with Crippen molar-refractivity contribution in [2.45, 2.75) is 78.3 Å². The Kier molecular flexibility index (Phi) is 20.6. The molecule has 0 saturated carbocycles. The minimum absolute atomic E-state index is 0.000944. The van der Waals surface area contributed by atoms with Crippen LogP contribution in [-0.4, -0.2) is 140 Å². The van der Waals surface area contributed by atoms with Crippen molar-refractivity contribution in [3.05, 3.63) is 209 Å². The number of aromatic nitrogens is 8. The molecule has 0 fully saturated rings. The fourth-order valence-corrected chi connectivity index (χ4v) is 15.4. The number of nitrogens with one attached hydrogen (secondary N) is 6. The number of nitrogens with zero attached hydrogens (tertiary/aromatic N) is 10. The molecule has 101 heavy (non-hydrogen) atoms. The first kappa shape index (κ1) is 68.3. The molecule has 27 heteroatoms. The number of carbonyl (C=O) groups excluding carboxylic acids is 4. The summed E-state index contributed by atoms with van der Waals surface area (Å²) in [5.41, 5.74) is 14.7. The van der Waals surface area contributed by atoms with E-state index in [1.165, 1.54) is 0 Å². The number of anilines is 4. The summed E-state index contributed by atoms with van der Waals surface area (Å²) in [6, 6.07) is 33.4. The van der Waals surface area contributed by atoms with Crippen molar-refractivity contribution >= 4 is 104 Å². The van der Waals surface area contributed by atoms with Gasteiger partial charge in [0, 0.05) is 116 Å². The zero-order valence-electron chi connectivity index (χ0n) is 55.9. The number of benzene rings is 4. The van der Waals surface area contributed by atoms with E-state index in [1.54, 1.807) is 28.9 Å². The third kappa shape index (κ3) is 15.3. The Morgan fingerprint density at radius 2 is 0.901 bits per heavy atom. The van der Waals surface area contributed by atoms with Gasteiger partial charge in [0.15, 0.2) is 11.6 Å². The van der Waals surface area contributed by atoms with Gasteiger partial charge in [-0.25, -0.2) is 9.97 Å². The van der Waals surface area contributed by atoms with Gasteiger partial charge in [-0.3, -0.25) is 38.3 Å². The molecule has 4 aliphatic rings. The van der Waals surface area contributed by atoms with E-state index < -0.39 is 12.1 Å². The Morgan fingerprint density at radius 3 is 1.32 bits per heavy atom. The number of halogens is 2. The van der Waals surface area contributed by atoms with Crippen LogP contribution in [0.4, 0.5) is 23.0 Å². The van der Waals surface area contributed by atoms with Crippen LogP contribution >= 0.6 is 45.9 Å². The lowest BCUT2D eigenvalue weighted by molar-refractivity contribution is -0.122. The first-order chi connectivity index (χ1) is 49.2. The number of thiophene rings is 2. The summed E-state index contributed by atoms with van der Waals surface area (Å²) >= 11 is 16.2. The second-order valence-electron chi connectivity index (χ2n) is 24.9. The van der Waals surface area contributed by atoms with Crippen LogP contribution in [0.15, 0.2) is 132 Å². The lowest BCUT2D eigenvalue weighted by Crippen LogP contribution is -2.29. The zero-order chi connectivity index (χ0) is 69.7.